The van der Waals surface area contributed by atoms with E-state index in [1.165, 1.54) is 13.1 Å². The van der Waals surface area contributed by atoms with E-state index in [0.29, 0.717) is 18.6 Å². The molecule has 1 aliphatic rings. The van der Waals surface area contributed by atoms with Crippen LogP contribution in [0.3, 0.4) is 0 Å². The summed E-state index contributed by atoms with van der Waals surface area (Å²) in [6.07, 6.45) is 2.37. The molecule has 0 aromatic carbocycles. The summed E-state index contributed by atoms with van der Waals surface area (Å²) in [6, 6.07) is 0. The van der Waals surface area contributed by atoms with Crippen LogP contribution in [0.15, 0.2) is 11.6 Å². The summed E-state index contributed by atoms with van der Waals surface area (Å²) in [6.45, 7) is 6.35. The molecule has 1 aliphatic heterocycles. The second-order valence-corrected chi connectivity index (χ2v) is 3.43. The van der Waals surface area contributed by atoms with E-state index in [1.807, 2.05) is 0 Å². The van der Waals surface area contributed by atoms with Crippen molar-refractivity contribution in [3.05, 3.63) is 11.6 Å². The first-order valence-corrected chi connectivity index (χ1v) is 4.90. The van der Waals surface area contributed by atoms with E-state index in [1.54, 1.807) is 13.0 Å². The van der Waals surface area contributed by atoms with E-state index in [0.717, 1.165) is 13.2 Å². The number of rotatable bonds is 7. The van der Waals surface area contributed by atoms with Crippen molar-refractivity contribution < 1.29 is 14.6 Å². The van der Waals surface area contributed by atoms with Crippen molar-refractivity contribution in [3.63, 3.8) is 0 Å². The SMILES string of the molecule is CC(=CCCOCCN1CC1)C(=O)O. The van der Waals surface area contributed by atoms with Gasteiger partial charge in [0.15, 0.2) is 0 Å². The number of aliphatic carboxylic acids is 1. The van der Waals surface area contributed by atoms with Gasteiger partial charge in [0.05, 0.1) is 13.2 Å². The number of hydrogen-bond acceptors (Lipinski definition) is 3. The van der Waals surface area contributed by atoms with Gasteiger partial charge in [-0.2, -0.15) is 0 Å². The van der Waals surface area contributed by atoms with Crippen molar-refractivity contribution in [2.24, 2.45) is 0 Å². The fourth-order valence-corrected chi connectivity index (χ4v) is 1.04. The average Bonchev–Trinajstić information content (AvgIpc) is 2.94. The molecule has 80 valence electrons. The van der Waals surface area contributed by atoms with Crippen LogP contribution in [-0.2, 0) is 9.53 Å². The lowest BCUT2D eigenvalue weighted by Crippen LogP contribution is -2.08. The fraction of sp³-hybridized carbons (Fsp3) is 0.700. The first kappa shape index (κ1) is 11.2. The minimum absolute atomic E-state index is 0.388. The molecule has 0 spiro atoms. The predicted molar refractivity (Wildman–Crippen MR) is 53.3 cm³/mol. The first-order chi connectivity index (χ1) is 6.70. The number of nitrogens with zero attached hydrogens (tertiary/aromatic N) is 1. The van der Waals surface area contributed by atoms with Crippen molar-refractivity contribution >= 4 is 5.97 Å². The van der Waals surface area contributed by atoms with E-state index < -0.39 is 5.97 Å². The molecule has 14 heavy (non-hydrogen) atoms. The summed E-state index contributed by atoms with van der Waals surface area (Å²) in [4.78, 5) is 12.7. The van der Waals surface area contributed by atoms with Crippen molar-refractivity contribution in [1.29, 1.82) is 0 Å². The van der Waals surface area contributed by atoms with Gasteiger partial charge >= 0.3 is 5.97 Å². The molecule has 4 heteroatoms. The highest BCUT2D eigenvalue weighted by atomic mass is 16.5. The number of hydrogen-bond donors (Lipinski definition) is 1. The van der Waals surface area contributed by atoms with Crippen LogP contribution in [-0.4, -0.2) is 48.8 Å². The van der Waals surface area contributed by atoms with Crippen LogP contribution in [0.1, 0.15) is 13.3 Å². The van der Waals surface area contributed by atoms with Gasteiger partial charge in [-0.1, -0.05) is 6.08 Å². The molecule has 4 nitrogen and oxygen atoms in total. The lowest BCUT2D eigenvalue weighted by molar-refractivity contribution is -0.132. The summed E-state index contributed by atoms with van der Waals surface area (Å²) in [7, 11) is 0. The monoisotopic (exact) mass is 199 g/mol. The van der Waals surface area contributed by atoms with Crippen LogP contribution < -0.4 is 0 Å². The lowest BCUT2D eigenvalue weighted by Gasteiger charge is -2.02. The molecule has 0 amide bonds. The molecule has 0 radical (unpaired) electrons. The molecular formula is C10H17NO3. The number of ether oxygens (including phenoxy) is 1. The largest absolute Gasteiger partial charge is 0.478 e. The minimum atomic E-state index is -0.853. The molecule has 1 saturated heterocycles. The Hall–Kier alpha value is -0.870. The van der Waals surface area contributed by atoms with E-state index in [9.17, 15) is 4.79 Å². The Labute approximate surface area is 84.2 Å². The van der Waals surface area contributed by atoms with Gasteiger partial charge < -0.3 is 9.84 Å². The van der Waals surface area contributed by atoms with Crippen molar-refractivity contribution in [2.45, 2.75) is 13.3 Å². The summed E-state index contributed by atoms with van der Waals surface area (Å²) in [5, 5.41) is 8.55. The molecular weight excluding hydrogens is 182 g/mol. The molecule has 0 aliphatic carbocycles. The zero-order valence-corrected chi connectivity index (χ0v) is 8.53. The maximum atomic E-state index is 10.4. The molecule has 0 atom stereocenters. The quantitative estimate of drug-likeness (QED) is 0.373. The number of carboxylic acid groups (broad SMARTS) is 1. The minimum Gasteiger partial charge on any atom is -0.478 e. The van der Waals surface area contributed by atoms with Crippen LogP contribution in [0.4, 0.5) is 0 Å². The smallest absolute Gasteiger partial charge is 0.330 e. The zero-order valence-electron chi connectivity index (χ0n) is 8.53. The first-order valence-electron chi connectivity index (χ1n) is 4.90. The van der Waals surface area contributed by atoms with Crippen LogP contribution >= 0.6 is 0 Å². The normalized spacial score (nSPS) is 17.1. The van der Waals surface area contributed by atoms with E-state index in [2.05, 4.69) is 4.90 Å². The van der Waals surface area contributed by atoms with Gasteiger partial charge in [-0.15, -0.1) is 0 Å². The summed E-state index contributed by atoms with van der Waals surface area (Å²) in [5.74, 6) is -0.853. The molecule has 0 unspecified atom stereocenters. The van der Waals surface area contributed by atoms with Crippen LogP contribution in [0.25, 0.3) is 0 Å². The third kappa shape index (κ3) is 4.99. The maximum Gasteiger partial charge on any atom is 0.330 e. The molecule has 1 heterocycles. The predicted octanol–water partition coefficient (Wildman–Crippen LogP) is 0.740. The van der Waals surface area contributed by atoms with Crippen molar-refractivity contribution in [2.75, 3.05) is 32.8 Å². The molecule has 0 saturated carbocycles. The maximum absolute atomic E-state index is 10.4. The highest BCUT2D eigenvalue weighted by Crippen LogP contribution is 2.01. The van der Waals surface area contributed by atoms with E-state index in [-0.39, 0.29) is 0 Å². The Morgan fingerprint density at radius 2 is 2.21 bits per heavy atom. The van der Waals surface area contributed by atoms with Gasteiger partial charge in [-0.25, -0.2) is 4.79 Å². The summed E-state index contributed by atoms with van der Waals surface area (Å²) >= 11 is 0. The van der Waals surface area contributed by atoms with Crippen LogP contribution in [0.5, 0.6) is 0 Å². The van der Waals surface area contributed by atoms with Gasteiger partial charge in [0.1, 0.15) is 0 Å². The third-order valence-corrected chi connectivity index (χ3v) is 2.14. The number of carbonyl (C=O) groups is 1. The highest BCUT2D eigenvalue weighted by molar-refractivity contribution is 5.85. The Balaban J connectivity index is 1.92. The highest BCUT2D eigenvalue weighted by Gasteiger charge is 2.15. The van der Waals surface area contributed by atoms with Crippen LogP contribution in [0.2, 0.25) is 0 Å². The molecule has 1 fully saturated rings. The molecule has 1 N–H and O–H groups in total. The van der Waals surface area contributed by atoms with Gasteiger partial charge in [-0.05, 0) is 13.3 Å². The Bertz CT molecular complexity index is 221. The second-order valence-electron chi connectivity index (χ2n) is 3.43. The number of carboxylic acids is 1. The Morgan fingerprint density at radius 3 is 2.79 bits per heavy atom. The molecule has 1 rings (SSSR count). The lowest BCUT2D eigenvalue weighted by atomic mass is 10.2. The third-order valence-electron chi connectivity index (χ3n) is 2.14. The fourth-order valence-electron chi connectivity index (χ4n) is 1.04. The van der Waals surface area contributed by atoms with Gasteiger partial charge in [-0.3, -0.25) is 4.90 Å². The standard InChI is InChI=1S/C10H17NO3/c1-9(10(12)13)3-2-7-14-8-6-11-4-5-11/h3H,2,4-8H2,1H3,(H,12,13). The van der Waals surface area contributed by atoms with E-state index in [4.69, 9.17) is 9.84 Å². The van der Waals surface area contributed by atoms with Crippen molar-refractivity contribution in [3.8, 4) is 0 Å². The van der Waals surface area contributed by atoms with Gasteiger partial charge in [0.2, 0.25) is 0 Å². The molecule has 0 aromatic rings. The second kappa shape index (κ2) is 5.78. The molecule has 0 aromatic heterocycles. The van der Waals surface area contributed by atoms with Gasteiger partial charge in [0.25, 0.3) is 0 Å². The van der Waals surface area contributed by atoms with Crippen molar-refractivity contribution in [1.82, 2.24) is 4.90 Å². The van der Waals surface area contributed by atoms with Crippen LogP contribution in [0, 0.1) is 0 Å². The Morgan fingerprint density at radius 1 is 1.50 bits per heavy atom. The zero-order chi connectivity index (χ0) is 10.4. The summed E-state index contributed by atoms with van der Waals surface area (Å²) < 4.78 is 5.34. The topological polar surface area (TPSA) is 49.5 Å². The average molecular weight is 199 g/mol. The molecule has 0 bridgehead atoms. The Kier molecular flexibility index (Phi) is 4.62. The summed E-state index contributed by atoms with van der Waals surface area (Å²) in [5.41, 5.74) is 0.388. The van der Waals surface area contributed by atoms with E-state index >= 15 is 0 Å². The van der Waals surface area contributed by atoms with Gasteiger partial charge in [0, 0.05) is 25.2 Å².